The molecule has 1 aromatic carbocycles. The third-order valence-corrected chi connectivity index (χ3v) is 5.97. The molecule has 1 aromatic heterocycles. The van der Waals surface area contributed by atoms with Gasteiger partial charge < -0.3 is 20.9 Å². The second kappa shape index (κ2) is 10.7. The molecule has 3 rings (SSSR count). The molecule has 7 nitrogen and oxygen atoms in total. The lowest BCUT2D eigenvalue weighted by Gasteiger charge is -2.34. The molecule has 2 aromatic rings. The Hall–Kier alpha value is -2.80. The number of rotatable bonds is 6. The number of pyridine rings is 1. The topological polar surface area (TPSA) is 86.4 Å². The van der Waals surface area contributed by atoms with E-state index in [9.17, 15) is 9.59 Å². The van der Waals surface area contributed by atoms with Gasteiger partial charge in [0.2, 0.25) is 5.91 Å². The van der Waals surface area contributed by atoms with Crippen molar-refractivity contribution in [3.8, 4) is 0 Å². The van der Waals surface area contributed by atoms with Gasteiger partial charge in [-0.25, -0.2) is 4.79 Å². The Labute approximate surface area is 194 Å². The van der Waals surface area contributed by atoms with E-state index in [4.69, 9.17) is 11.6 Å². The van der Waals surface area contributed by atoms with Crippen LogP contribution in [0.5, 0.6) is 0 Å². The van der Waals surface area contributed by atoms with Gasteiger partial charge in [0.25, 0.3) is 0 Å². The first-order chi connectivity index (χ1) is 15.2. The Morgan fingerprint density at radius 1 is 1.09 bits per heavy atom. The van der Waals surface area contributed by atoms with Gasteiger partial charge in [0.1, 0.15) is 6.04 Å². The Kier molecular flexibility index (Phi) is 7.96. The number of carbonyl (C=O) groups excluding carboxylic acids is 2. The predicted molar refractivity (Wildman–Crippen MR) is 129 cm³/mol. The maximum atomic E-state index is 13.0. The second-order valence-corrected chi connectivity index (χ2v) is 9.72. The van der Waals surface area contributed by atoms with Crippen LogP contribution in [0, 0.1) is 11.3 Å². The van der Waals surface area contributed by atoms with Crippen LogP contribution in [0.2, 0.25) is 5.02 Å². The van der Waals surface area contributed by atoms with E-state index in [2.05, 4.69) is 25.8 Å². The van der Waals surface area contributed by atoms with E-state index in [-0.39, 0.29) is 5.91 Å². The minimum absolute atomic E-state index is 0.166. The molecular formula is C24H32ClN5O2. The molecule has 0 saturated carbocycles. The van der Waals surface area contributed by atoms with E-state index in [0.29, 0.717) is 23.2 Å². The van der Waals surface area contributed by atoms with Crippen molar-refractivity contribution < 1.29 is 9.59 Å². The number of nitrogens with zero attached hydrogens (tertiary/aromatic N) is 2. The van der Waals surface area contributed by atoms with E-state index >= 15 is 0 Å². The molecule has 3 amide bonds. The normalized spacial score (nSPS) is 15.7. The summed E-state index contributed by atoms with van der Waals surface area (Å²) in [5.74, 6) is 0.251. The number of halogens is 1. The van der Waals surface area contributed by atoms with Gasteiger partial charge in [-0.05, 0) is 60.6 Å². The smallest absolute Gasteiger partial charge is 0.319 e. The number of hydrogen-bond donors (Lipinski definition) is 3. The zero-order valence-electron chi connectivity index (χ0n) is 18.9. The standard InChI is InChI=1S/C24H32ClN5O2/c1-24(2,3)21(29-23(32)28-19-6-4-18(25)5-7-19)22(31)27-16-17-10-14-30(15-11-17)20-8-12-26-13-9-20/h4-9,12-13,17,21H,10-11,14-16H2,1-3H3,(H,27,31)(H2,28,29,32)/t21-/m1/s1. The van der Waals surface area contributed by atoms with Crippen LogP contribution in [0.15, 0.2) is 48.8 Å². The van der Waals surface area contributed by atoms with Gasteiger partial charge >= 0.3 is 6.03 Å². The van der Waals surface area contributed by atoms with Crippen molar-refractivity contribution in [2.75, 3.05) is 29.9 Å². The van der Waals surface area contributed by atoms with Gasteiger partial charge in [-0.15, -0.1) is 0 Å². The van der Waals surface area contributed by atoms with E-state index in [1.54, 1.807) is 24.3 Å². The molecule has 0 bridgehead atoms. The van der Waals surface area contributed by atoms with Crippen molar-refractivity contribution in [1.82, 2.24) is 15.6 Å². The summed E-state index contributed by atoms with van der Waals surface area (Å²) in [5.41, 5.74) is 1.36. The van der Waals surface area contributed by atoms with Crippen molar-refractivity contribution in [1.29, 1.82) is 0 Å². The van der Waals surface area contributed by atoms with Crippen LogP contribution in [-0.2, 0) is 4.79 Å². The summed E-state index contributed by atoms with van der Waals surface area (Å²) in [4.78, 5) is 31.9. The van der Waals surface area contributed by atoms with Gasteiger partial charge in [0, 0.05) is 48.4 Å². The lowest BCUT2D eigenvalue weighted by molar-refractivity contribution is -0.125. The van der Waals surface area contributed by atoms with E-state index in [1.807, 2.05) is 45.3 Å². The Morgan fingerprint density at radius 2 is 1.72 bits per heavy atom. The van der Waals surface area contributed by atoms with Gasteiger partial charge in [0.15, 0.2) is 0 Å². The SMILES string of the molecule is CC(C)(C)[C@H](NC(=O)Nc1ccc(Cl)cc1)C(=O)NCC1CCN(c2ccncc2)CC1. The molecule has 8 heteroatoms. The lowest BCUT2D eigenvalue weighted by atomic mass is 9.86. The minimum atomic E-state index is -0.660. The molecule has 1 atom stereocenters. The number of piperidine rings is 1. The second-order valence-electron chi connectivity index (χ2n) is 9.29. The third-order valence-electron chi connectivity index (χ3n) is 5.71. The van der Waals surface area contributed by atoms with Crippen LogP contribution in [0.3, 0.4) is 0 Å². The van der Waals surface area contributed by atoms with Crippen LogP contribution >= 0.6 is 11.6 Å². The number of aromatic nitrogens is 1. The van der Waals surface area contributed by atoms with Gasteiger partial charge in [-0.1, -0.05) is 32.4 Å². The molecule has 0 aliphatic carbocycles. The monoisotopic (exact) mass is 457 g/mol. The van der Waals surface area contributed by atoms with Gasteiger partial charge in [0.05, 0.1) is 0 Å². The van der Waals surface area contributed by atoms with Crippen molar-refractivity contribution in [3.63, 3.8) is 0 Å². The Morgan fingerprint density at radius 3 is 2.31 bits per heavy atom. The first-order valence-corrected chi connectivity index (χ1v) is 11.4. The summed E-state index contributed by atoms with van der Waals surface area (Å²) in [6.45, 7) is 8.33. The van der Waals surface area contributed by atoms with Crippen LogP contribution in [0.1, 0.15) is 33.6 Å². The average molecular weight is 458 g/mol. The molecule has 1 aliphatic rings. The average Bonchev–Trinajstić information content (AvgIpc) is 2.77. The fourth-order valence-corrected chi connectivity index (χ4v) is 3.93. The molecule has 1 saturated heterocycles. The van der Waals surface area contributed by atoms with E-state index in [1.165, 1.54) is 5.69 Å². The van der Waals surface area contributed by atoms with Crippen molar-refractivity contribution in [3.05, 3.63) is 53.8 Å². The highest BCUT2D eigenvalue weighted by Gasteiger charge is 2.33. The molecule has 32 heavy (non-hydrogen) atoms. The maximum absolute atomic E-state index is 13.0. The molecule has 0 radical (unpaired) electrons. The summed E-state index contributed by atoms with van der Waals surface area (Å²) in [6, 6.07) is 9.79. The Balaban J connectivity index is 1.49. The molecular weight excluding hydrogens is 426 g/mol. The number of anilines is 2. The highest BCUT2D eigenvalue weighted by atomic mass is 35.5. The van der Waals surface area contributed by atoms with Crippen LogP contribution in [0.4, 0.5) is 16.2 Å². The van der Waals surface area contributed by atoms with Gasteiger partial charge in [-0.2, -0.15) is 0 Å². The summed E-state index contributed by atoms with van der Waals surface area (Å²) in [5, 5.41) is 9.24. The largest absolute Gasteiger partial charge is 0.371 e. The zero-order valence-corrected chi connectivity index (χ0v) is 19.7. The van der Waals surface area contributed by atoms with Gasteiger partial charge in [-0.3, -0.25) is 9.78 Å². The number of nitrogens with one attached hydrogen (secondary N) is 3. The number of hydrogen-bond acceptors (Lipinski definition) is 4. The van der Waals surface area contributed by atoms with E-state index in [0.717, 1.165) is 25.9 Å². The molecule has 1 aliphatic heterocycles. The predicted octanol–water partition coefficient (Wildman–Crippen LogP) is 4.30. The first-order valence-electron chi connectivity index (χ1n) is 11.0. The number of amides is 3. The maximum Gasteiger partial charge on any atom is 0.319 e. The molecule has 1 fully saturated rings. The summed E-state index contributed by atoms with van der Waals surface area (Å²) < 4.78 is 0. The molecule has 0 spiro atoms. The highest BCUT2D eigenvalue weighted by Crippen LogP contribution is 2.23. The quantitative estimate of drug-likeness (QED) is 0.603. The third kappa shape index (κ3) is 6.85. The van der Waals surface area contributed by atoms with Crippen LogP contribution < -0.4 is 20.9 Å². The molecule has 3 N–H and O–H groups in total. The van der Waals surface area contributed by atoms with Crippen molar-refractivity contribution in [2.24, 2.45) is 11.3 Å². The fourth-order valence-electron chi connectivity index (χ4n) is 3.80. The summed E-state index contributed by atoms with van der Waals surface area (Å²) in [7, 11) is 0. The minimum Gasteiger partial charge on any atom is -0.371 e. The summed E-state index contributed by atoms with van der Waals surface area (Å²) >= 11 is 5.89. The number of carbonyl (C=O) groups is 2. The zero-order chi connectivity index (χ0) is 23.1. The number of benzene rings is 1. The summed E-state index contributed by atoms with van der Waals surface area (Å²) in [6.07, 6.45) is 5.63. The molecule has 0 unspecified atom stereocenters. The lowest BCUT2D eigenvalue weighted by Crippen LogP contribution is -2.55. The van der Waals surface area contributed by atoms with Crippen LogP contribution in [-0.4, -0.2) is 42.6 Å². The Bertz CT molecular complexity index is 891. The van der Waals surface area contributed by atoms with Crippen molar-refractivity contribution in [2.45, 2.75) is 39.7 Å². The van der Waals surface area contributed by atoms with Crippen molar-refractivity contribution >= 4 is 34.9 Å². The number of urea groups is 1. The molecule has 2 heterocycles. The van der Waals surface area contributed by atoms with Crippen LogP contribution in [0.25, 0.3) is 0 Å². The molecule has 172 valence electrons. The fraction of sp³-hybridized carbons (Fsp3) is 0.458. The highest BCUT2D eigenvalue weighted by molar-refractivity contribution is 6.30. The first kappa shape index (κ1) is 23.9. The van der Waals surface area contributed by atoms with E-state index < -0.39 is 17.5 Å².